The fourth-order valence-electron chi connectivity index (χ4n) is 1.83. The van der Waals surface area contributed by atoms with Crippen molar-refractivity contribution in [1.82, 2.24) is 5.32 Å². The highest BCUT2D eigenvalue weighted by Gasteiger charge is 2.05. The van der Waals surface area contributed by atoms with Crippen molar-refractivity contribution < 1.29 is 14.3 Å². The first kappa shape index (κ1) is 14.7. The van der Waals surface area contributed by atoms with Crippen molar-refractivity contribution in [3.05, 3.63) is 69.4 Å². The first-order chi connectivity index (χ1) is 9.56. The zero-order valence-corrected chi connectivity index (χ0v) is 12.2. The first-order valence-corrected chi connectivity index (χ1v) is 6.82. The molecule has 0 atom stereocenters. The Morgan fingerprint density at radius 2 is 2.00 bits per heavy atom. The summed E-state index contributed by atoms with van der Waals surface area (Å²) in [4.78, 5) is 10.9. The third kappa shape index (κ3) is 3.88. The number of benzene rings is 2. The zero-order valence-electron chi connectivity index (χ0n) is 10.6. The molecule has 2 rings (SSSR count). The number of carboxylic acids is 1. The van der Waals surface area contributed by atoms with E-state index in [4.69, 9.17) is 5.11 Å². The number of rotatable bonds is 5. The van der Waals surface area contributed by atoms with Gasteiger partial charge < -0.3 is 10.4 Å². The standard InChI is InChI=1S/C15H13BrFNO2/c16-13-4-5-14(17)12(7-13)9-18-8-10-2-1-3-11(6-10)15(19)20/h1-7,18H,8-9H2,(H,19,20). The summed E-state index contributed by atoms with van der Waals surface area (Å²) in [6.45, 7) is 0.857. The molecule has 0 aromatic heterocycles. The van der Waals surface area contributed by atoms with Gasteiger partial charge in [0.2, 0.25) is 0 Å². The Labute approximate surface area is 124 Å². The monoisotopic (exact) mass is 337 g/mol. The third-order valence-electron chi connectivity index (χ3n) is 2.83. The van der Waals surface area contributed by atoms with Crippen molar-refractivity contribution in [1.29, 1.82) is 0 Å². The van der Waals surface area contributed by atoms with Crippen molar-refractivity contribution in [2.24, 2.45) is 0 Å². The van der Waals surface area contributed by atoms with Gasteiger partial charge in [0, 0.05) is 23.1 Å². The Kier molecular flexibility index (Phi) is 4.87. The predicted octanol–water partition coefficient (Wildman–Crippen LogP) is 3.58. The number of halogens is 2. The van der Waals surface area contributed by atoms with Gasteiger partial charge in [0.25, 0.3) is 0 Å². The summed E-state index contributed by atoms with van der Waals surface area (Å²) in [7, 11) is 0. The van der Waals surface area contributed by atoms with Crippen LogP contribution in [0.3, 0.4) is 0 Å². The van der Waals surface area contributed by atoms with Crippen LogP contribution in [0.25, 0.3) is 0 Å². The molecule has 5 heteroatoms. The van der Waals surface area contributed by atoms with Crippen LogP contribution in [0.15, 0.2) is 46.9 Å². The topological polar surface area (TPSA) is 49.3 Å². The SMILES string of the molecule is O=C(O)c1cccc(CNCc2cc(Br)ccc2F)c1. The summed E-state index contributed by atoms with van der Waals surface area (Å²) >= 11 is 3.30. The molecule has 104 valence electrons. The first-order valence-electron chi connectivity index (χ1n) is 6.03. The third-order valence-corrected chi connectivity index (χ3v) is 3.32. The van der Waals surface area contributed by atoms with Gasteiger partial charge in [0.15, 0.2) is 0 Å². The minimum absolute atomic E-state index is 0.248. The molecule has 0 saturated heterocycles. The molecule has 2 N–H and O–H groups in total. The normalized spacial score (nSPS) is 10.5. The Morgan fingerprint density at radius 3 is 2.75 bits per heavy atom. The van der Waals surface area contributed by atoms with E-state index in [0.717, 1.165) is 10.0 Å². The van der Waals surface area contributed by atoms with Gasteiger partial charge in [-0.3, -0.25) is 0 Å². The van der Waals surface area contributed by atoms with Crippen LogP contribution in [-0.2, 0) is 13.1 Å². The van der Waals surface area contributed by atoms with Crippen LogP contribution in [0.5, 0.6) is 0 Å². The second kappa shape index (κ2) is 6.63. The molecule has 0 saturated carbocycles. The van der Waals surface area contributed by atoms with Crippen LogP contribution in [0.4, 0.5) is 4.39 Å². The minimum atomic E-state index is -0.954. The Bertz CT molecular complexity index is 631. The molecule has 2 aromatic carbocycles. The number of hydrogen-bond donors (Lipinski definition) is 2. The summed E-state index contributed by atoms with van der Waals surface area (Å²) in [5, 5.41) is 12.0. The van der Waals surface area contributed by atoms with Crippen LogP contribution in [0.2, 0.25) is 0 Å². The highest BCUT2D eigenvalue weighted by molar-refractivity contribution is 9.10. The van der Waals surface area contributed by atoms with Gasteiger partial charge >= 0.3 is 5.97 Å². The van der Waals surface area contributed by atoms with Gasteiger partial charge in [0.05, 0.1) is 5.56 Å². The molecule has 0 radical (unpaired) electrons. The average molecular weight is 338 g/mol. The molecule has 0 heterocycles. The molecule has 0 spiro atoms. The average Bonchev–Trinajstić information content (AvgIpc) is 2.43. The van der Waals surface area contributed by atoms with E-state index in [2.05, 4.69) is 21.2 Å². The van der Waals surface area contributed by atoms with Gasteiger partial charge in [-0.1, -0.05) is 28.1 Å². The van der Waals surface area contributed by atoms with E-state index in [1.54, 1.807) is 30.3 Å². The largest absolute Gasteiger partial charge is 0.478 e. The van der Waals surface area contributed by atoms with Crippen LogP contribution in [-0.4, -0.2) is 11.1 Å². The van der Waals surface area contributed by atoms with Crippen LogP contribution in [0.1, 0.15) is 21.5 Å². The van der Waals surface area contributed by atoms with Gasteiger partial charge in [0.1, 0.15) is 5.82 Å². The molecule has 20 heavy (non-hydrogen) atoms. The Balaban J connectivity index is 1.97. The molecule has 0 amide bonds. The van der Waals surface area contributed by atoms with Crippen LogP contribution < -0.4 is 5.32 Å². The molecular formula is C15H13BrFNO2. The van der Waals surface area contributed by atoms with E-state index in [-0.39, 0.29) is 11.4 Å². The quantitative estimate of drug-likeness (QED) is 0.876. The van der Waals surface area contributed by atoms with Crippen LogP contribution in [0, 0.1) is 5.82 Å². The van der Waals surface area contributed by atoms with E-state index < -0.39 is 5.97 Å². The maximum absolute atomic E-state index is 13.5. The molecule has 3 nitrogen and oxygen atoms in total. The second-order valence-electron chi connectivity index (χ2n) is 4.34. The fraction of sp³-hybridized carbons (Fsp3) is 0.133. The fourth-order valence-corrected chi connectivity index (χ4v) is 2.24. The van der Waals surface area contributed by atoms with E-state index >= 15 is 0 Å². The lowest BCUT2D eigenvalue weighted by Gasteiger charge is -2.07. The molecule has 2 aromatic rings. The van der Waals surface area contributed by atoms with Crippen molar-refractivity contribution in [2.45, 2.75) is 13.1 Å². The van der Waals surface area contributed by atoms with Gasteiger partial charge in [-0.25, -0.2) is 9.18 Å². The highest BCUT2D eigenvalue weighted by atomic mass is 79.9. The van der Waals surface area contributed by atoms with Crippen molar-refractivity contribution in [3.63, 3.8) is 0 Å². The summed E-state index contributed by atoms with van der Waals surface area (Å²) < 4.78 is 14.3. The number of carboxylic acid groups (broad SMARTS) is 1. The molecule has 0 fully saturated rings. The summed E-state index contributed by atoms with van der Waals surface area (Å²) in [6.07, 6.45) is 0. The smallest absolute Gasteiger partial charge is 0.335 e. The Morgan fingerprint density at radius 1 is 1.20 bits per heavy atom. The van der Waals surface area contributed by atoms with Gasteiger partial charge in [-0.15, -0.1) is 0 Å². The van der Waals surface area contributed by atoms with Crippen molar-refractivity contribution in [3.8, 4) is 0 Å². The lowest BCUT2D eigenvalue weighted by Crippen LogP contribution is -2.14. The lowest BCUT2D eigenvalue weighted by atomic mass is 10.1. The second-order valence-corrected chi connectivity index (χ2v) is 5.26. The molecule has 0 unspecified atom stereocenters. The minimum Gasteiger partial charge on any atom is -0.478 e. The zero-order chi connectivity index (χ0) is 14.5. The molecule has 0 bridgehead atoms. The van der Waals surface area contributed by atoms with E-state index in [1.165, 1.54) is 6.07 Å². The van der Waals surface area contributed by atoms with Crippen LogP contribution >= 0.6 is 15.9 Å². The number of carbonyl (C=O) groups is 1. The maximum atomic E-state index is 13.5. The molecule has 0 aliphatic rings. The van der Waals surface area contributed by atoms with Crippen molar-refractivity contribution >= 4 is 21.9 Å². The predicted molar refractivity (Wildman–Crippen MR) is 78.0 cm³/mol. The van der Waals surface area contributed by atoms with E-state index in [9.17, 15) is 9.18 Å². The lowest BCUT2D eigenvalue weighted by molar-refractivity contribution is 0.0696. The maximum Gasteiger partial charge on any atom is 0.335 e. The number of hydrogen-bond acceptors (Lipinski definition) is 2. The summed E-state index contributed by atoms with van der Waals surface area (Å²) in [5.74, 6) is -1.22. The summed E-state index contributed by atoms with van der Waals surface area (Å²) in [5.41, 5.74) is 1.66. The summed E-state index contributed by atoms with van der Waals surface area (Å²) in [6, 6.07) is 11.4. The Hall–Kier alpha value is -1.72. The van der Waals surface area contributed by atoms with E-state index in [1.807, 2.05) is 6.07 Å². The molecular weight excluding hydrogens is 325 g/mol. The molecule has 0 aliphatic heterocycles. The van der Waals surface area contributed by atoms with E-state index in [0.29, 0.717) is 18.7 Å². The van der Waals surface area contributed by atoms with Crippen molar-refractivity contribution in [2.75, 3.05) is 0 Å². The van der Waals surface area contributed by atoms with Gasteiger partial charge in [-0.05, 0) is 35.9 Å². The highest BCUT2D eigenvalue weighted by Crippen LogP contribution is 2.15. The van der Waals surface area contributed by atoms with Gasteiger partial charge in [-0.2, -0.15) is 0 Å². The number of aromatic carboxylic acids is 1. The molecule has 0 aliphatic carbocycles. The number of nitrogens with one attached hydrogen (secondary N) is 1.